The van der Waals surface area contributed by atoms with E-state index in [0.717, 1.165) is 15.1 Å². The van der Waals surface area contributed by atoms with Crippen LogP contribution in [0, 0.1) is 0 Å². The highest BCUT2D eigenvalue weighted by Gasteiger charge is 2.16. The highest BCUT2D eigenvalue weighted by atomic mass is 79.9. The predicted molar refractivity (Wildman–Crippen MR) is 95.8 cm³/mol. The molecule has 0 saturated carbocycles. The number of amides is 2. The first-order chi connectivity index (χ1) is 11.0. The fourth-order valence-electron chi connectivity index (χ4n) is 1.97. The molecule has 1 heterocycles. The maximum absolute atomic E-state index is 12.3. The Morgan fingerprint density at radius 3 is 2.74 bits per heavy atom. The van der Waals surface area contributed by atoms with E-state index in [0.29, 0.717) is 5.56 Å². The van der Waals surface area contributed by atoms with E-state index in [-0.39, 0.29) is 18.4 Å². The highest BCUT2D eigenvalue weighted by molar-refractivity contribution is 9.10. The lowest BCUT2D eigenvalue weighted by molar-refractivity contribution is -0.116. The molecule has 1 aromatic carbocycles. The number of thioether (sulfide) groups is 1. The van der Waals surface area contributed by atoms with Crippen LogP contribution in [0.2, 0.25) is 0 Å². The number of rotatable bonds is 5. The third-order valence-electron chi connectivity index (χ3n) is 3.06. The second-order valence-electron chi connectivity index (χ2n) is 4.80. The molecule has 0 atom stereocenters. The quantitative estimate of drug-likeness (QED) is 0.791. The molecule has 0 unspecified atom stereocenters. The number of hydrogen-bond donors (Lipinski definition) is 1. The van der Waals surface area contributed by atoms with Crippen molar-refractivity contribution in [3.63, 3.8) is 0 Å². The third kappa shape index (κ3) is 4.80. The van der Waals surface area contributed by atoms with Gasteiger partial charge in [-0.3, -0.25) is 14.6 Å². The van der Waals surface area contributed by atoms with Crippen LogP contribution in [0.5, 0.6) is 0 Å². The van der Waals surface area contributed by atoms with Crippen LogP contribution in [0.4, 0.5) is 5.69 Å². The highest BCUT2D eigenvalue weighted by Crippen LogP contribution is 2.24. The number of hydrogen-bond acceptors (Lipinski definition) is 4. The van der Waals surface area contributed by atoms with Gasteiger partial charge in [0, 0.05) is 28.8 Å². The Morgan fingerprint density at radius 1 is 1.30 bits per heavy atom. The number of nitrogens with one attached hydrogen (secondary N) is 1. The summed E-state index contributed by atoms with van der Waals surface area (Å²) >= 11 is 4.83. The van der Waals surface area contributed by atoms with Crippen LogP contribution in [0.3, 0.4) is 0 Å². The zero-order chi connectivity index (χ0) is 16.8. The van der Waals surface area contributed by atoms with Crippen LogP contribution >= 0.6 is 27.7 Å². The molecule has 0 aliphatic rings. The van der Waals surface area contributed by atoms with Gasteiger partial charge in [-0.25, -0.2) is 0 Å². The van der Waals surface area contributed by atoms with Crippen molar-refractivity contribution in [1.82, 2.24) is 9.88 Å². The minimum absolute atomic E-state index is 0.0337. The number of benzene rings is 1. The fourth-order valence-corrected chi connectivity index (χ4v) is 2.89. The van der Waals surface area contributed by atoms with Crippen molar-refractivity contribution in [3.05, 3.63) is 52.8 Å². The summed E-state index contributed by atoms with van der Waals surface area (Å²) in [5.41, 5.74) is 1.18. The Labute approximate surface area is 147 Å². The fraction of sp³-hybridized carbons (Fsp3) is 0.188. The van der Waals surface area contributed by atoms with E-state index in [1.54, 1.807) is 31.1 Å². The maximum atomic E-state index is 12.3. The summed E-state index contributed by atoms with van der Waals surface area (Å²) in [6.07, 6.45) is 5.02. The Bertz CT molecular complexity index is 724. The number of carbonyl (C=O) groups excluding carboxylic acids is 2. The standard InChI is InChI=1S/C16H16BrN3O2S/c1-20(16(22)11-7-12(17)9-18-8-11)10-15(21)19-13-5-3-4-6-14(13)23-2/h3-9H,10H2,1-2H3,(H,19,21). The van der Waals surface area contributed by atoms with E-state index < -0.39 is 0 Å². The normalized spacial score (nSPS) is 10.2. The molecule has 0 spiro atoms. The van der Waals surface area contributed by atoms with Crippen molar-refractivity contribution in [1.29, 1.82) is 0 Å². The molecule has 5 nitrogen and oxygen atoms in total. The number of halogens is 1. The molecule has 0 radical (unpaired) electrons. The van der Waals surface area contributed by atoms with Gasteiger partial charge in [-0.1, -0.05) is 12.1 Å². The van der Waals surface area contributed by atoms with Crippen LogP contribution in [0.15, 0.2) is 52.1 Å². The van der Waals surface area contributed by atoms with Crippen LogP contribution in [-0.4, -0.2) is 41.5 Å². The second-order valence-corrected chi connectivity index (χ2v) is 6.57. The largest absolute Gasteiger partial charge is 0.332 e. The smallest absolute Gasteiger partial charge is 0.255 e. The number of anilines is 1. The molecule has 0 aliphatic heterocycles. The van der Waals surface area contributed by atoms with E-state index in [1.807, 2.05) is 30.5 Å². The van der Waals surface area contributed by atoms with Crippen LogP contribution in [-0.2, 0) is 4.79 Å². The van der Waals surface area contributed by atoms with Crippen molar-refractivity contribution in [3.8, 4) is 0 Å². The van der Waals surface area contributed by atoms with E-state index >= 15 is 0 Å². The number of likely N-dealkylation sites (N-methyl/N-ethyl adjacent to an activating group) is 1. The van der Waals surface area contributed by atoms with Gasteiger partial charge in [0.15, 0.2) is 0 Å². The van der Waals surface area contributed by atoms with Crippen LogP contribution < -0.4 is 5.32 Å². The van der Waals surface area contributed by atoms with Crippen molar-refractivity contribution < 1.29 is 9.59 Å². The monoisotopic (exact) mass is 393 g/mol. The Hall–Kier alpha value is -1.86. The van der Waals surface area contributed by atoms with Crippen molar-refractivity contribution in [2.24, 2.45) is 0 Å². The Balaban J connectivity index is 2.01. The predicted octanol–water partition coefficient (Wildman–Crippen LogP) is 3.28. The average Bonchev–Trinajstić information content (AvgIpc) is 2.54. The van der Waals surface area contributed by atoms with E-state index in [1.165, 1.54) is 11.1 Å². The van der Waals surface area contributed by atoms with Crippen LogP contribution in [0.1, 0.15) is 10.4 Å². The first kappa shape index (κ1) is 17.5. The average molecular weight is 394 g/mol. The molecule has 120 valence electrons. The SMILES string of the molecule is CSc1ccccc1NC(=O)CN(C)C(=O)c1cncc(Br)c1. The molecule has 1 aromatic heterocycles. The number of pyridine rings is 1. The van der Waals surface area contributed by atoms with Gasteiger partial charge in [0.25, 0.3) is 5.91 Å². The lowest BCUT2D eigenvalue weighted by Crippen LogP contribution is -2.35. The summed E-state index contributed by atoms with van der Waals surface area (Å²) < 4.78 is 0.718. The summed E-state index contributed by atoms with van der Waals surface area (Å²) in [6, 6.07) is 9.22. The number of carbonyl (C=O) groups is 2. The van der Waals surface area contributed by atoms with Gasteiger partial charge in [-0.05, 0) is 40.4 Å². The zero-order valence-electron chi connectivity index (χ0n) is 12.7. The molecule has 0 fully saturated rings. The summed E-state index contributed by atoms with van der Waals surface area (Å²) in [5, 5.41) is 2.83. The maximum Gasteiger partial charge on any atom is 0.255 e. The molecule has 2 amide bonds. The molecule has 2 aromatic rings. The second kappa shape index (κ2) is 8.12. The molecule has 0 saturated heterocycles. The molecule has 2 rings (SSSR count). The van der Waals surface area contributed by atoms with Gasteiger partial charge >= 0.3 is 0 Å². The van der Waals surface area contributed by atoms with Crippen molar-refractivity contribution in [2.45, 2.75) is 4.90 Å². The summed E-state index contributed by atoms with van der Waals surface area (Å²) in [7, 11) is 1.59. The van der Waals surface area contributed by atoms with Gasteiger partial charge < -0.3 is 10.2 Å². The molecule has 7 heteroatoms. The number of nitrogens with zero attached hydrogens (tertiary/aromatic N) is 2. The topological polar surface area (TPSA) is 62.3 Å². The number of para-hydroxylation sites is 1. The summed E-state index contributed by atoms with van der Waals surface area (Å²) in [4.78, 5) is 30.7. The molecule has 0 bridgehead atoms. The molecule has 0 aliphatic carbocycles. The minimum atomic E-state index is -0.257. The molecular weight excluding hydrogens is 378 g/mol. The zero-order valence-corrected chi connectivity index (χ0v) is 15.1. The van der Waals surface area contributed by atoms with E-state index in [4.69, 9.17) is 0 Å². The first-order valence-electron chi connectivity index (χ1n) is 6.80. The third-order valence-corrected chi connectivity index (χ3v) is 4.29. The number of aromatic nitrogens is 1. The van der Waals surface area contributed by atoms with Gasteiger partial charge in [0.05, 0.1) is 17.8 Å². The lowest BCUT2D eigenvalue weighted by Gasteiger charge is -2.17. The lowest BCUT2D eigenvalue weighted by atomic mass is 10.2. The van der Waals surface area contributed by atoms with E-state index in [9.17, 15) is 9.59 Å². The first-order valence-corrected chi connectivity index (χ1v) is 8.82. The van der Waals surface area contributed by atoms with Gasteiger partial charge in [-0.15, -0.1) is 11.8 Å². The minimum Gasteiger partial charge on any atom is -0.332 e. The molecule has 1 N–H and O–H groups in total. The van der Waals surface area contributed by atoms with E-state index in [2.05, 4.69) is 26.2 Å². The molecular formula is C16H16BrN3O2S. The van der Waals surface area contributed by atoms with Gasteiger partial charge in [0.1, 0.15) is 0 Å². The van der Waals surface area contributed by atoms with Crippen LogP contribution in [0.25, 0.3) is 0 Å². The van der Waals surface area contributed by atoms with Gasteiger partial charge in [0.2, 0.25) is 5.91 Å². The Kier molecular flexibility index (Phi) is 6.18. The molecule has 23 heavy (non-hydrogen) atoms. The van der Waals surface area contributed by atoms with Crippen molar-refractivity contribution in [2.75, 3.05) is 25.2 Å². The Morgan fingerprint density at radius 2 is 2.04 bits per heavy atom. The van der Waals surface area contributed by atoms with Crippen molar-refractivity contribution >= 4 is 45.2 Å². The van der Waals surface area contributed by atoms with Gasteiger partial charge in [-0.2, -0.15) is 0 Å². The summed E-state index contributed by atoms with van der Waals surface area (Å²) in [6.45, 7) is -0.0337. The summed E-state index contributed by atoms with van der Waals surface area (Å²) in [5.74, 6) is -0.502.